The van der Waals surface area contributed by atoms with Crippen molar-refractivity contribution in [1.82, 2.24) is 19.9 Å². The van der Waals surface area contributed by atoms with E-state index in [0.717, 1.165) is 74.9 Å². The first-order valence-electron chi connectivity index (χ1n) is 11.9. The number of nitrogens with zero attached hydrogens (tertiary/aromatic N) is 4. The summed E-state index contributed by atoms with van der Waals surface area (Å²) in [5.41, 5.74) is 8.24. The molecule has 0 unspecified atom stereocenters. The van der Waals surface area contributed by atoms with Gasteiger partial charge >= 0.3 is 0 Å². The van der Waals surface area contributed by atoms with E-state index in [1.54, 1.807) is 7.11 Å². The van der Waals surface area contributed by atoms with Crippen molar-refractivity contribution in [3.8, 4) is 39.7 Å². The standard InChI is InChI=1S/C28H28BrN5O2/c1-34(2)14-15-36-22-9-4-18(5-10-22)28-31-26(27(32-28)21-8-13-25(29)30-17-21)20-6-11-23-19(16-20)7-12-24(23)33-35-3/h4-6,8-11,13,16-17H,7,12,14-15H2,1-3H3,(H,31,32). The molecule has 0 bridgehead atoms. The molecule has 1 N–H and O–H groups in total. The number of aryl methyl sites for hydroxylation is 1. The van der Waals surface area contributed by atoms with E-state index >= 15 is 0 Å². The molecule has 0 amide bonds. The predicted octanol–water partition coefficient (Wildman–Crippen LogP) is 5.81. The molecule has 36 heavy (non-hydrogen) atoms. The Morgan fingerprint density at radius 1 is 1.00 bits per heavy atom. The first kappa shape index (κ1) is 24.2. The van der Waals surface area contributed by atoms with Gasteiger partial charge in [-0.25, -0.2) is 9.97 Å². The van der Waals surface area contributed by atoms with Crippen LogP contribution in [0.3, 0.4) is 0 Å². The minimum atomic E-state index is 0.646. The number of fused-ring (bicyclic) bond motifs is 1. The molecule has 7 nitrogen and oxygen atoms in total. The summed E-state index contributed by atoms with van der Waals surface area (Å²) in [5.74, 6) is 1.64. The molecule has 0 atom stereocenters. The Bertz CT molecular complexity index is 1380. The molecule has 0 saturated heterocycles. The highest BCUT2D eigenvalue weighted by molar-refractivity contribution is 9.10. The maximum Gasteiger partial charge on any atom is 0.138 e. The molecule has 1 aliphatic rings. The van der Waals surface area contributed by atoms with Crippen LogP contribution >= 0.6 is 15.9 Å². The topological polar surface area (TPSA) is 75.6 Å². The smallest absolute Gasteiger partial charge is 0.138 e. The van der Waals surface area contributed by atoms with Gasteiger partial charge in [0, 0.05) is 35.0 Å². The number of hydrogen-bond donors (Lipinski definition) is 1. The summed E-state index contributed by atoms with van der Waals surface area (Å²) in [7, 11) is 5.66. The lowest BCUT2D eigenvalue weighted by Crippen LogP contribution is -2.19. The molecule has 2 aromatic carbocycles. The molecule has 184 valence electrons. The van der Waals surface area contributed by atoms with Gasteiger partial charge in [-0.2, -0.15) is 0 Å². The fraction of sp³-hybridized carbons (Fsp3) is 0.250. The Kier molecular flexibility index (Phi) is 7.16. The Labute approximate surface area is 219 Å². The van der Waals surface area contributed by atoms with Crippen LogP contribution in [0.25, 0.3) is 33.9 Å². The van der Waals surface area contributed by atoms with E-state index in [2.05, 4.69) is 54.2 Å². The number of benzene rings is 2. The van der Waals surface area contributed by atoms with Crippen LogP contribution in [0.5, 0.6) is 5.75 Å². The van der Waals surface area contributed by atoms with Gasteiger partial charge in [0.05, 0.1) is 17.1 Å². The molecule has 4 aromatic rings. The summed E-state index contributed by atoms with van der Waals surface area (Å²) in [5, 5.41) is 4.19. The van der Waals surface area contributed by atoms with Crippen molar-refractivity contribution in [3.63, 3.8) is 0 Å². The number of pyridine rings is 1. The zero-order valence-electron chi connectivity index (χ0n) is 20.6. The third-order valence-electron chi connectivity index (χ3n) is 6.18. The van der Waals surface area contributed by atoms with E-state index in [0.29, 0.717) is 6.61 Å². The number of likely N-dealkylation sites (N-methyl/N-ethyl adjacent to an activating group) is 1. The number of nitrogens with one attached hydrogen (secondary N) is 1. The fourth-order valence-electron chi connectivity index (χ4n) is 4.33. The predicted molar refractivity (Wildman–Crippen MR) is 146 cm³/mol. The molecule has 8 heteroatoms. The first-order chi connectivity index (χ1) is 17.5. The van der Waals surface area contributed by atoms with E-state index in [1.807, 2.05) is 56.7 Å². The maximum atomic E-state index is 5.85. The molecule has 5 rings (SSSR count). The summed E-state index contributed by atoms with van der Waals surface area (Å²) in [4.78, 5) is 20.1. The van der Waals surface area contributed by atoms with Crippen molar-refractivity contribution in [2.24, 2.45) is 5.16 Å². The second kappa shape index (κ2) is 10.6. The van der Waals surface area contributed by atoms with Crippen LogP contribution in [0.2, 0.25) is 0 Å². The lowest BCUT2D eigenvalue weighted by atomic mass is 10.0. The number of H-pyrrole nitrogens is 1. The SMILES string of the molecule is CON=C1CCc2cc(-c3[nH]c(-c4ccc(OCCN(C)C)cc4)nc3-c3ccc(Br)nc3)ccc21. The minimum Gasteiger partial charge on any atom is -0.492 e. The summed E-state index contributed by atoms with van der Waals surface area (Å²) < 4.78 is 6.64. The number of imidazole rings is 1. The third-order valence-corrected chi connectivity index (χ3v) is 6.65. The van der Waals surface area contributed by atoms with Crippen LogP contribution < -0.4 is 4.74 Å². The summed E-state index contributed by atoms with van der Waals surface area (Å²) >= 11 is 3.43. The van der Waals surface area contributed by atoms with Crippen molar-refractivity contribution < 1.29 is 9.57 Å². The van der Waals surface area contributed by atoms with Crippen molar-refractivity contribution >= 4 is 21.6 Å². The molecular weight excluding hydrogens is 518 g/mol. The zero-order chi connectivity index (χ0) is 25.1. The van der Waals surface area contributed by atoms with Crippen molar-refractivity contribution in [2.45, 2.75) is 12.8 Å². The van der Waals surface area contributed by atoms with Gasteiger partial charge in [-0.1, -0.05) is 17.3 Å². The highest BCUT2D eigenvalue weighted by Crippen LogP contribution is 2.36. The normalized spacial score (nSPS) is 13.9. The highest BCUT2D eigenvalue weighted by Gasteiger charge is 2.21. The van der Waals surface area contributed by atoms with E-state index in [9.17, 15) is 0 Å². The minimum absolute atomic E-state index is 0.646. The first-order valence-corrected chi connectivity index (χ1v) is 12.6. The number of hydrogen-bond acceptors (Lipinski definition) is 6. The van der Waals surface area contributed by atoms with E-state index < -0.39 is 0 Å². The third kappa shape index (κ3) is 5.20. The van der Waals surface area contributed by atoms with E-state index in [4.69, 9.17) is 14.6 Å². The van der Waals surface area contributed by atoms with Gasteiger partial charge < -0.3 is 19.5 Å². The quantitative estimate of drug-likeness (QED) is 0.223. The molecule has 0 radical (unpaired) electrons. The van der Waals surface area contributed by atoms with Crippen LogP contribution in [-0.2, 0) is 11.3 Å². The molecular formula is C28H28BrN5O2. The van der Waals surface area contributed by atoms with Gasteiger partial charge in [0.25, 0.3) is 0 Å². The molecule has 0 saturated carbocycles. The number of aromatic nitrogens is 3. The largest absolute Gasteiger partial charge is 0.492 e. The molecule has 2 heterocycles. The van der Waals surface area contributed by atoms with Crippen LogP contribution in [-0.4, -0.2) is 59.9 Å². The Balaban J connectivity index is 1.51. The van der Waals surface area contributed by atoms with Crippen molar-refractivity contribution in [3.05, 3.63) is 76.5 Å². The number of ether oxygens (including phenoxy) is 1. The van der Waals surface area contributed by atoms with E-state index in [1.165, 1.54) is 5.56 Å². The van der Waals surface area contributed by atoms with E-state index in [-0.39, 0.29) is 0 Å². The van der Waals surface area contributed by atoms with Gasteiger partial charge in [0.15, 0.2) is 0 Å². The molecule has 0 spiro atoms. The average molecular weight is 546 g/mol. The Morgan fingerprint density at radius 3 is 2.50 bits per heavy atom. The van der Waals surface area contributed by atoms with Gasteiger partial charge in [-0.05, 0) is 90.9 Å². The monoisotopic (exact) mass is 545 g/mol. The van der Waals surface area contributed by atoms with Gasteiger partial charge in [0.1, 0.15) is 29.9 Å². The number of oxime groups is 1. The Hall–Kier alpha value is -3.49. The summed E-state index contributed by atoms with van der Waals surface area (Å²) in [6, 6.07) is 18.5. The van der Waals surface area contributed by atoms with Crippen LogP contribution in [0.4, 0.5) is 0 Å². The summed E-state index contributed by atoms with van der Waals surface area (Å²) in [6.45, 7) is 1.51. The van der Waals surface area contributed by atoms with Crippen LogP contribution in [0.15, 0.2) is 70.6 Å². The second-order valence-electron chi connectivity index (χ2n) is 8.95. The number of rotatable bonds is 8. The molecule has 2 aromatic heterocycles. The van der Waals surface area contributed by atoms with Crippen molar-refractivity contribution in [2.75, 3.05) is 34.4 Å². The lowest BCUT2D eigenvalue weighted by Gasteiger charge is -2.11. The molecule has 0 fully saturated rings. The molecule has 0 aliphatic heterocycles. The van der Waals surface area contributed by atoms with Gasteiger partial charge in [0.2, 0.25) is 0 Å². The number of halogens is 1. The van der Waals surface area contributed by atoms with Crippen LogP contribution in [0, 0.1) is 0 Å². The van der Waals surface area contributed by atoms with Crippen LogP contribution in [0.1, 0.15) is 17.5 Å². The summed E-state index contributed by atoms with van der Waals surface area (Å²) in [6.07, 6.45) is 3.66. The highest BCUT2D eigenvalue weighted by atomic mass is 79.9. The van der Waals surface area contributed by atoms with Gasteiger partial charge in [-0.15, -0.1) is 0 Å². The zero-order valence-corrected chi connectivity index (χ0v) is 22.2. The number of aromatic amines is 1. The van der Waals surface area contributed by atoms with Crippen molar-refractivity contribution in [1.29, 1.82) is 0 Å². The average Bonchev–Trinajstić information content (AvgIpc) is 3.50. The van der Waals surface area contributed by atoms with Gasteiger partial charge in [-0.3, -0.25) is 0 Å². The lowest BCUT2D eigenvalue weighted by molar-refractivity contribution is 0.213. The maximum absolute atomic E-state index is 5.85. The molecule has 1 aliphatic carbocycles. The fourth-order valence-corrected chi connectivity index (χ4v) is 4.56. The second-order valence-corrected chi connectivity index (χ2v) is 9.76. The Morgan fingerprint density at radius 2 is 1.78 bits per heavy atom.